The molecule has 1 aliphatic rings. The molecule has 0 unspecified atom stereocenters. The minimum atomic E-state index is -3.55. The van der Waals surface area contributed by atoms with Crippen LogP contribution in [0.25, 0.3) is 0 Å². The number of fused-ring (bicyclic) bond motifs is 1. The van der Waals surface area contributed by atoms with Gasteiger partial charge in [-0.2, -0.15) is 0 Å². The molecule has 2 aromatic rings. The smallest absolute Gasteiger partial charge is 0.271 e. The summed E-state index contributed by atoms with van der Waals surface area (Å²) in [6.45, 7) is 2.84. The fraction of sp³-hybridized carbons (Fsp3) is 0.231. The molecular formula is C13H13NO4S2. The van der Waals surface area contributed by atoms with E-state index in [-0.39, 0.29) is 0 Å². The first-order valence-electron chi connectivity index (χ1n) is 6.03. The average Bonchev–Trinajstić information content (AvgIpc) is 2.86. The number of aryl methyl sites for hydroxylation is 1. The number of anilines is 1. The van der Waals surface area contributed by atoms with Gasteiger partial charge in [-0.3, -0.25) is 4.72 Å². The molecule has 5 nitrogen and oxygen atoms in total. The largest absolute Gasteiger partial charge is 0.486 e. The van der Waals surface area contributed by atoms with E-state index in [1.807, 2.05) is 6.92 Å². The molecule has 1 aromatic carbocycles. The van der Waals surface area contributed by atoms with Crippen LogP contribution in [0.3, 0.4) is 0 Å². The van der Waals surface area contributed by atoms with E-state index in [9.17, 15) is 8.42 Å². The highest BCUT2D eigenvalue weighted by Gasteiger charge is 2.18. The first-order valence-corrected chi connectivity index (χ1v) is 8.33. The van der Waals surface area contributed by atoms with Crippen LogP contribution >= 0.6 is 11.3 Å². The van der Waals surface area contributed by atoms with Crippen molar-refractivity contribution >= 4 is 27.0 Å². The molecule has 2 heterocycles. The standard InChI is InChI=1S/C13H13NO4S2/c1-9-2-5-13(19-9)20(15,16)14-10-3-4-11-12(8-10)18-7-6-17-11/h2-5,8,14H,6-7H2,1H3. The second kappa shape index (κ2) is 4.99. The fourth-order valence-corrected chi connectivity index (χ4v) is 4.20. The van der Waals surface area contributed by atoms with Gasteiger partial charge < -0.3 is 9.47 Å². The van der Waals surface area contributed by atoms with Crippen LogP contribution in [-0.2, 0) is 10.0 Å². The van der Waals surface area contributed by atoms with E-state index in [1.54, 1.807) is 30.3 Å². The number of nitrogens with one attached hydrogen (secondary N) is 1. The van der Waals surface area contributed by atoms with Crippen LogP contribution < -0.4 is 14.2 Å². The Bertz CT molecular complexity index is 737. The Balaban J connectivity index is 1.87. The third-order valence-electron chi connectivity index (χ3n) is 2.77. The van der Waals surface area contributed by atoms with Gasteiger partial charge in [-0.15, -0.1) is 11.3 Å². The Morgan fingerprint density at radius 2 is 1.85 bits per heavy atom. The first-order chi connectivity index (χ1) is 9.54. The van der Waals surface area contributed by atoms with Crippen LogP contribution in [0.4, 0.5) is 5.69 Å². The van der Waals surface area contributed by atoms with Crippen LogP contribution in [-0.4, -0.2) is 21.6 Å². The average molecular weight is 311 g/mol. The van der Waals surface area contributed by atoms with Gasteiger partial charge in [0.1, 0.15) is 17.4 Å². The van der Waals surface area contributed by atoms with Gasteiger partial charge in [0.15, 0.2) is 11.5 Å². The van der Waals surface area contributed by atoms with Crippen molar-refractivity contribution in [1.29, 1.82) is 0 Å². The molecule has 0 saturated heterocycles. The van der Waals surface area contributed by atoms with Crippen molar-refractivity contribution in [2.24, 2.45) is 0 Å². The van der Waals surface area contributed by atoms with Crippen LogP contribution in [0.1, 0.15) is 4.88 Å². The summed E-state index contributed by atoms with van der Waals surface area (Å²) >= 11 is 1.24. The third kappa shape index (κ3) is 2.59. The van der Waals surface area contributed by atoms with Crippen LogP contribution in [0.5, 0.6) is 11.5 Å². The Morgan fingerprint density at radius 1 is 1.10 bits per heavy atom. The Hall–Kier alpha value is -1.73. The molecule has 3 rings (SSSR count). The number of ether oxygens (including phenoxy) is 2. The van der Waals surface area contributed by atoms with Crippen LogP contribution in [0.2, 0.25) is 0 Å². The van der Waals surface area contributed by atoms with Crippen molar-refractivity contribution < 1.29 is 17.9 Å². The monoisotopic (exact) mass is 311 g/mol. The van der Waals surface area contributed by atoms with Gasteiger partial charge in [0.2, 0.25) is 0 Å². The van der Waals surface area contributed by atoms with Gasteiger partial charge in [0.05, 0.1) is 5.69 Å². The molecule has 1 N–H and O–H groups in total. The second-order valence-corrected chi connectivity index (χ2v) is 7.53. The van der Waals surface area contributed by atoms with Gasteiger partial charge in [-0.05, 0) is 31.2 Å². The summed E-state index contributed by atoms with van der Waals surface area (Å²) in [7, 11) is -3.55. The lowest BCUT2D eigenvalue weighted by molar-refractivity contribution is 0.171. The van der Waals surface area contributed by atoms with Crippen molar-refractivity contribution in [2.45, 2.75) is 11.1 Å². The van der Waals surface area contributed by atoms with E-state index in [0.29, 0.717) is 34.6 Å². The van der Waals surface area contributed by atoms with E-state index >= 15 is 0 Å². The first kappa shape index (κ1) is 13.3. The fourth-order valence-electron chi connectivity index (χ4n) is 1.87. The maximum absolute atomic E-state index is 12.2. The summed E-state index contributed by atoms with van der Waals surface area (Å²) < 4.78 is 38.1. The van der Waals surface area contributed by atoms with E-state index in [1.165, 1.54) is 11.3 Å². The van der Waals surface area contributed by atoms with Crippen molar-refractivity contribution in [3.63, 3.8) is 0 Å². The van der Waals surface area contributed by atoms with E-state index in [4.69, 9.17) is 9.47 Å². The molecule has 0 aliphatic carbocycles. The van der Waals surface area contributed by atoms with Gasteiger partial charge in [0.25, 0.3) is 10.0 Å². The third-order valence-corrected chi connectivity index (χ3v) is 5.65. The Kier molecular flexibility index (Phi) is 3.31. The molecule has 1 aliphatic heterocycles. The molecule has 0 saturated carbocycles. The second-order valence-electron chi connectivity index (χ2n) is 4.33. The maximum atomic E-state index is 12.2. The van der Waals surface area contributed by atoms with Gasteiger partial charge in [-0.25, -0.2) is 8.42 Å². The summed E-state index contributed by atoms with van der Waals surface area (Å²) in [5, 5.41) is 0. The number of hydrogen-bond acceptors (Lipinski definition) is 5. The van der Waals surface area contributed by atoms with E-state index in [2.05, 4.69) is 4.72 Å². The van der Waals surface area contributed by atoms with E-state index in [0.717, 1.165) is 4.88 Å². The lowest BCUT2D eigenvalue weighted by Crippen LogP contribution is -2.16. The summed E-state index contributed by atoms with van der Waals surface area (Å²) in [4.78, 5) is 0.951. The highest BCUT2D eigenvalue weighted by molar-refractivity contribution is 7.94. The summed E-state index contributed by atoms with van der Waals surface area (Å²) in [6, 6.07) is 8.37. The lowest BCUT2D eigenvalue weighted by Gasteiger charge is -2.19. The van der Waals surface area contributed by atoms with Crippen molar-refractivity contribution in [2.75, 3.05) is 17.9 Å². The zero-order valence-corrected chi connectivity index (χ0v) is 12.4. The minimum absolute atomic E-state index is 0.296. The SMILES string of the molecule is Cc1ccc(S(=O)(=O)Nc2ccc3c(c2)OCCO3)s1. The van der Waals surface area contributed by atoms with Gasteiger partial charge in [-0.1, -0.05) is 0 Å². The van der Waals surface area contributed by atoms with Crippen molar-refractivity contribution in [3.8, 4) is 11.5 Å². The normalized spacial score (nSPS) is 14.1. The minimum Gasteiger partial charge on any atom is -0.486 e. The van der Waals surface area contributed by atoms with Crippen molar-refractivity contribution in [1.82, 2.24) is 0 Å². The molecule has 0 fully saturated rings. The van der Waals surface area contributed by atoms with Crippen LogP contribution in [0.15, 0.2) is 34.5 Å². The number of hydrogen-bond donors (Lipinski definition) is 1. The van der Waals surface area contributed by atoms with E-state index < -0.39 is 10.0 Å². The summed E-state index contributed by atoms with van der Waals surface area (Å²) in [6.07, 6.45) is 0. The van der Waals surface area contributed by atoms with Gasteiger partial charge >= 0.3 is 0 Å². The molecule has 20 heavy (non-hydrogen) atoms. The topological polar surface area (TPSA) is 64.6 Å². The molecule has 0 radical (unpaired) electrons. The number of thiophene rings is 1. The van der Waals surface area contributed by atoms with Gasteiger partial charge in [0, 0.05) is 10.9 Å². The molecule has 0 atom stereocenters. The quantitative estimate of drug-likeness (QED) is 0.946. The number of rotatable bonds is 3. The number of benzene rings is 1. The molecule has 1 aromatic heterocycles. The molecule has 106 valence electrons. The molecule has 0 spiro atoms. The molecule has 0 amide bonds. The van der Waals surface area contributed by atoms with Crippen molar-refractivity contribution in [3.05, 3.63) is 35.2 Å². The zero-order chi connectivity index (χ0) is 14.2. The summed E-state index contributed by atoms with van der Waals surface area (Å²) in [5.74, 6) is 1.19. The number of sulfonamides is 1. The Labute approximate surface area is 121 Å². The highest BCUT2D eigenvalue weighted by Crippen LogP contribution is 2.33. The highest BCUT2D eigenvalue weighted by atomic mass is 32.2. The molecule has 0 bridgehead atoms. The molecule has 7 heteroatoms. The maximum Gasteiger partial charge on any atom is 0.271 e. The van der Waals surface area contributed by atoms with Crippen LogP contribution in [0, 0.1) is 6.92 Å². The predicted octanol–water partition coefficient (Wildman–Crippen LogP) is 2.63. The summed E-state index contributed by atoms with van der Waals surface area (Å²) in [5.41, 5.74) is 0.459. The lowest BCUT2D eigenvalue weighted by atomic mass is 10.3. The zero-order valence-electron chi connectivity index (χ0n) is 10.8. The predicted molar refractivity (Wildman–Crippen MR) is 77.3 cm³/mol. The Morgan fingerprint density at radius 3 is 2.55 bits per heavy atom. The molecular weight excluding hydrogens is 298 g/mol.